The van der Waals surface area contributed by atoms with Crippen molar-refractivity contribution in [2.75, 3.05) is 20.1 Å². The number of aromatic nitrogens is 1. The van der Waals surface area contributed by atoms with Gasteiger partial charge in [-0.2, -0.15) is 0 Å². The zero-order chi connectivity index (χ0) is 11.0. The average molecular weight is 231 g/mol. The average Bonchev–Trinajstić information content (AvgIpc) is 2.71. The lowest BCUT2D eigenvalue weighted by atomic mass is 9.99. The van der Waals surface area contributed by atoms with Gasteiger partial charge in [0.15, 0.2) is 5.15 Å². The monoisotopic (exact) mass is 230 g/mol. The van der Waals surface area contributed by atoms with Gasteiger partial charge in [0.2, 0.25) is 5.76 Å². The van der Waals surface area contributed by atoms with Crippen LogP contribution in [0.3, 0.4) is 0 Å². The smallest absolute Gasteiger partial charge is 0.375 e. The fraction of sp³-hybridized carbons (Fsp3) is 0.556. The van der Waals surface area contributed by atoms with Crippen LogP contribution in [0.5, 0.6) is 0 Å². The second-order valence-electron chi connectivity index (χ2n) is 3.77. The minimum atomic E-state index is -1.11. The van der Waals surface area contributed by atoms with E-state index in [2.05, 4.69) is 10.1 Å². The van der Waals surface area contributed by atoms with Gasteiger partial charge in [0, 0.05) is 12.5 Å². The third kappa shape index (κ3) is 1.85. The van der Waals surface area contributed by atoms with Gasteiger partial charge in [-0.1, -0.05) is 16.8 Å². The van der Waals surface area contributed by atoms with Crippen molar-refractivity contribution in [3.63, 3.8) is 0 Å². The van der Waals surface area contributed by atoms with Crippen LogP contribution in [-0.4, -0.2) is 41.3 Å². The maximum Gasteiger partial charge on any atom is 0.375 e. The maximum absolute atomic E-state index is 10.9. The van der Waals surface area contributed by atoms with Crippen molar-refractivity contribution in [1.82, 2.24) is 10.1 Å². The number of aromatic carboxylic acids is 1. The van der Waals surface area contributed by atoms with Crippen molar-refractivity contribution in [3.05, 3.63) is 16.5 Å². The van der Waals surface area contributed by atoms with Crippen molar-refractivity contribution < 1.29 is 14.4 Å². The first-order valence-electron chi connectivity index (χ1n) is 4.66. The van der Waals surface area contributed by atoms with Gasteiger partial charge in [0.25, 0.3) is 0 Å². The highest BCUT2D eigenvalue weighted by Gasteiger charge is 2.31. The van der Waals surface area contributed by atoms with Crippen molar-refractivity contribution in [2.24, 2.45) is 0 Å². The summed E-state index contributed by atoms with van der Waals surface area (Å²) in [6.07, 6.45) is 0.887. The largest absolute Gasteiger partial charge is 0.475 e. The molecule has 0 bridgehead atoms. The first-order valence-corrected chi connectivity index (χ1v) is 5.04. The van der Waals surface area contributed by atoms with Gasteiger partial charge < -0.3 is 14.5 Å². The van der Waals surface area contributed by atoms with E-state index in [1.165, 1.54) is 0 Å². The molecule has 0 aliphatic carbocycles. The number of nitrogens with zero attached hydrogens (tertiary/aromatic N) is 2. The molecule has 1 aliphatic heterocycles. The normalized spacial score (nSPS) is 22.1. The fourth-order valence-corrected chi connectivity index (χ4v) is 2.23. The van der Waals surface area contributed by atoms with E-state index < -0.39 is 5.97 Å². The van der Waals surface area contributed by atoms with Crippen molar-refractivity contribution in [3.8, 4) is 0 Å². The number of halogens is 1. The molecule has 0 aromatic carbocycles. The van der Waals surface area contributed by atoms with Gasteiger partial charge >= 0.3 is 5.97 Å². The minimum Gasteiger partial charge on any atom is -0.475 e. The Bertz CT molecular complexity index is 391. The quantitative estimate of drug-likeness (QED) is 0.833. The topological polar surface area (TPSA) is 66.6 Å². The molecule has 1 fully saturated rings. The van der Waals surface area contributed by atoms with Crippen molar-refractivity contribution >= 4 is 17.6 Å². The number of carbonyl (C=O) groups is 1. The van der Waals surface area contributed by atoms with Gasteiger partial charge in [0.1, 0.15) is 0 Å². The first kappa shape index (κ1) is 10.4. The Kier molecular flexibility index (Phi) is 2.67. The number of hydrogen-bond acceptors (Lipinski definition) is 4. The van der Waals surface area contributed by atoms with Gasteiger partial charge in [-0.25, -0.2) is 4.79 Å². The molecule has 0 radical (unpaired) electrons. The molecule has 1 aromatic heterocycles. The highest BCUT2D eigenvalue weighted by Crippen LogP contribution is 2.33. The Balaban J connectivity index is 2.34. The molecular formula is C9H11ClN2O3. The van der Waals surface area contributed by atoms with E-state index in [4.69, 9.17) is 21.2 Å². The minimum absolute atomic E-state index is 0.111. The van der Waals surface area contributed by atoms with Gasteiger partial charge in [0.05, 0.1) is 5.56 Å². The molecule has 0 saturated carbocycles. The molecular weight excluding hydrogens is 220 g/mol. The van der Waals surface area contributed by atoms with E-state index in [-0.39, 0.29) is 16.8 Å². The van der Waals surface area contributed by atoms with Crippen molar-refractivity contribution in [2.45, 2.75) is 12.3 Å². The van der Waals surface area contributed by atoms with Crippen LogP contribution in [0.25, 0.3) is 0 Å². The van der Waals surface area contributed by atoms with E-state index in [1.54, 1.807) is 0 Å². The Hall–Kier alpha value is -1.07. The lowest BCUT2D eigenvalue weighted by Gasteiger charge is -2.08. The second-order valence-corrected chi connectivity index (χ2v) is 4.13. The highest BCUT2D eigenvalue weighted by atomic mass is 35.5. The zero-order valence-corrected chi connectivity index (χ0v) is 8.99. The number of carboxylic acids is 1. The summed E-state index contributed by atoms with van der Waals surface area (Å²) in [5.74, 6) is -1.13. The Morgan fingerprint density at radius 2 is 2.47 bits per heavy atom. The van der Waals surface area contributed by atoms with Gasteiger partial charge in [-0.15, -0.1) is 0 Å². The second kappa shape index (κ2) is 3.83. The predicted octanol–water partition coefficient (Wildman–Crippen LogP) is 1.45. The number of carboxylic acid groups (broad SMARTS) is 1. The zero-order valence-electron chi connectivity index (χ0n) is 8.23. The van der Waals surface area contributed by atoms with Crippen LogP contribution >= 0.6 is 11.6 Å². The Morgan fingerprint density at radius 1 is 1.73 bits per heavy atom. The molecule has 2 rings (SSSR count). The number of likely N-dealkylation sites (N-methyl/N-ethyl adjacent to an activating group) is 1. The summed E-state index contributed by atoms with van der Waals surface area (Å²) in [6, 6.07) is 0. The van der Waals surface area contributed by atoms with Crippen LogP contribution in [0.2, 0.25) is 5.15 Å². The molecule has 5 nitrogen and oxygen atoms in total. The Morgan fingerprint density at radius 3 is 3.00 bits per heavy atom. The fourth-order valence-electron chi connectivity index (χ4n) is 1.96. The number of hydrogen-bond donors (Lipinski definition) is 1. The molecule has 1 atom stereocenters. The SMILES string of the molecule is CN1CCC(c2c(Cl)noc2C(=O)O)C1. The molecule has 1 saturated heterocycles. The summed E-state index contributed by atoms with van der Waals surface area (Å²) >= 11 is 5.83. The molecule has 6 heteroatoms. The number of rotatable bonds is 2. The van der Waals surface area contributed by atoms with E-state index in [9.17, 15) is 4.79 Å². The summed E-state index contributed by atoms with van der Waals surface area (Å²) in [6.45, 7) is 1.73. The predicted molar refractivity (Wildman–Crippen MR) is 53.3 cm³/mol. The maximum atomic E-state index is 10.9. The third-order valence-corrected chi connectivity index (χ3v) is 2.95. The summed E-state index contributed by atoms with van der Waals surface area (Å²) in [5.41, 5.74) is 0.536. The molecule has 1 N–H and O–H groups in total. The number of likely N-dealkylation sites (tertiary alicyclic amines) is 1. The van der Waals surface area contributed by atoms with E-state index in [0.29, 0.717) is 5.56 Å². The van der Waals surface area contributed by atoms with Crippen LogP contribution in [0.1, 0.15) is 28.5 Å². The molecule has 0 spiro atoms. The van der Waals surface area contributed by atoms with Crippen LogP contribution in [-0.2, 0) is 0 Å². The standard InChI is InChI=1S/C9H11ClN2O3/c1-12-3-2-5(4-12)6-7(9(13)14)15-11-8(6)10/h5H,2-4H2,1H3,(H,13,14). The summed E-state index contributed by atoms with van der Waals surface area (Å²) in [4.78, 5) is 13.0. The highest BCUT2D eigenvalue weighted by molar-refractivity contribution is 6.30. The molecule has 15 heavy (non-hydrogen) atoms. The molecule has 2 heterocycles. The van der Waals surface area contributed by atoms with Gasteiger partial charge in [-0.3, -0.25) is 0 Å². The summed E-state index contributed by atoms with van der Waals surface area (Å²) in [7, 11) is 1.99. The Labute approximate surface area is 91.6 Å². The van der Waals surface area contributed by atoms with E-state index >= 15 is 0 Å². The lowest BCUT2D eigenvalue weighted by molar-refractivity contribution is 0.0649. The molecule has 1 unspecified atom stereocenters. The van der Waals surface area contributed by atoms with Crippen LogP contribution in [0.4, 0.5) is 0 Å². The van der Waals surface area contributed by atoms with E-state index in [1.807, 2.05) is 7.05 Å². The summed E-state index contributed by atoms with van der Waals surface area (Å²) in [5, 5.41) is 12.6. The van der Waals surface area contributed by atoms with Crippen LogP contribution in [0, 0.1) is 0 Å². The third-order valence-electron chi connectivity index (χ3n) is 2.68. The van der Waals surface area contributed by atoms with E-state index in [0.717, 1.165) is 19.5 Å². The first-order chi connectivity index (χ1) is 7.09. The molecule has 1 aliphatic rings. The van der Waals surface area contributed by atoms with Crippen LogP contribution in [0.15, 0.2) is 4.52 Å². The molecule has 0 amide bonds. The molecule has 82 valence electrons. The molecule has 1 aromatic rings. The van der Waals surface area contributed by atoms with Crippen molar-refractivity contribution in [1.29, 1.82) is 0 Å². The van der Waals surface area contributed by atoms with Gasteiger partial charge in [-0.05, 0) is 20.0 Å². The summed E-state index contributed by atoms with van der Waals surface area (Å²) < 4.78 is 4.70. The lowest BCUT2D eigenvalue weighted by Crippen LogP contribution is -2.14. The van der Waals surface area contributed by atoms with Crippen LogP contribution < -0.4 is 0 Å².